The number of rotatable bonds is 2. The van der Waals surface area contributed by atoms with E-state index in [-0.39, 0.29) is 6.04 Å². The monoisotopic (exact) mass is 183 g/mol. The molecule has 1 saturated carbocycles. The first-order valence-corrected chi connectivity index (χ1v) is 4.50. The summed E-state index contributed by atoms with van der Waals surface area (Å²) in [5.41, 5.74) is 4.46. The summed E-state index contributed by atoms with van der Waals surface area (Å²) >= 11 is 0. The lowest BCUT2D eigenvalue weighted by Gasteiger charge is -2.39. The van der Waals surface area contributed by atoms with Crippen LogP contribution in [-0.2, 0) is 13.5 Å². The molecule has 1 aromatic rings. The Hall–Kier alpha value is -0.900. The molecule has 13 heavy (non-hydrogen) atoms. The highest BCUT2D eigenvalue weighted by molar-refractivity contribution is 5.05. The first kappa shape index (κ1) is 8.69. The highest BCUT2D eigenvalue weighted by Crippen LogP contribution is 2.37. The van der Waals surface area contributed by atoms with Crippen LogP contribution in [0.2, 0.25) is 0 Å². The summed E-state index contributed by atoms with van der Waals surface area (Å²) in [6.07, 6.45) is 4.86. The summed E-state index contributed by atoms with van der Waals surface area (Å²) in [6.45, 7) is 0. The van der Waals surface area contributed by atoms with Crippen LogP contribution in [0, 0.1) is 0 Å². The number of hydrogen-bond acceptors (Lipinski definition) is 2. The van der Waals surface area contributed by atoms with Crippen LogP contribution < -0.4 is 5.73 Å². The molecule has 0 amide bonds. The molecule has 2 rings (SSSR count). The van der Waals surface area contributed by atoms with Crippen molar-refractivity contribution in [3.8, 4) is 0 Å². The molecule has 4 heteroatoms. The molecule has 1 aromatic heterocycles. The predicted octanol–water partition coefficient (Wildman–Crippen LogP) is 0.792. The standard InChI is InChI=1S/C9H14FN3/c1-13-3-2-12-8(13)6-9(10)4-7(11)5-9/h2-3,7H,4-6,11H2,1H3. The van der Waals surface area contributed by atoms with Crippen LogP contribution in [-0.4, -0.2) is 21.3 Å². The van der Waals surface area contributed by atoms with E-state index in [0.29, 0.717) is 19.3 Å². The minimum absolute atomic E-state index is 0.0465. The van der Waals surface area contributed by atoms with Gasteiger partial charge in [-0.15, -0.1) is 0 Å². The molecule has 72 valence electrons. The van der Waals surface area contributed by atoms with E-state index in [2.05, 4.69) is 4.98 Å². The summed E-state index contributed by atoms with van der Waals surface area (Å²) in [4.78, 5) is 4.09. The van der Waals surface area contributed by atoms with E-state index in [4.69, 9.17) is 5.73 Å². The zero-order chi connectivity index (χ0) is 9.47. The number of aromatic nitrogens is 2. The van der Waals surface area contributed by atoms with E-state index in [1.54, 1.807) is 6.20 Å². The lowest BCUT2D eigenvalue weighted by molar-refractivity contribution is 0.0418. The second-order valence-electron chi connectivity index (χ2n) is 3.95. The second-order valence-corrected chi connectivity index (χ2v) is 3.95. The molecule has 2 N–H and O–H groups in total. The molecule has 3 nitrogen and oxygen atoms in total. The summed E-state index contributed by atoms with van der Waals surface area (Å²) in [5, 5.41) is 0. The van der Waals surface area contributed by atoms with Crippen molar-refractivity contribution < 1.29 is 4.39 Å². The van der Waals surface area contributed by atoms with Crippen LogP contribution >= 0.6 is 0 Å². The minimum Gasteiger partial charge on any atom is -0.338 e. The lowest BCUT2D eigenvalue weighted by Crippen LogP contribution is -2.50. The van der Waals surface area contributed by atoms with E-state index in [0.717, 1.165) is 5.82 Å². The molecule has 0 atom stereocenters. The van der Waals surface area contributed by atoms with Crippen molar-refractivity contribution in [1.82, 2.24) is 9.55 Å². The Labute approximate surface area is 76.8 Å². The van der Waals surface area contributed by atoms with E-state index in [1.165, 1.54) is 0 Å². The number of nitrogens with two attached hydrogens (primary N) is 1. The van der Waals surface area contributed by atoms with Crippen molar-refractivity contribution in [2.75, 3.05) is 0 Å². The number of alkyl halides is 1. The van der Waals surface area contributed by atoms with Gasteiger partial charge in [-0.2, -0.15) is 0 Å². The Morgan fingerprint density at radius 3 is 2.92 bits per heavy atom. The largest absolute Gasteiger partial charge is 0.338 e. The number of hydrogen-bond donors (Lipinski definition) is 1. The van der Waals surface area contributed by atoms with E-state index >= 15 is 0 Å². The van der Waals surface area contributed by atoms with E-state index in [9.17, 15) is 4.39 Å². The Morgan fingerprint density at radius 1 is 1.77 bits per heavy atom. The predicted molar refractivity (Wildman–Crippen MR) is 48.0 cm³/mol. The summed E-state index contributed by atoms with van der Waals surface area (Å²) < 4.78 is 15.6. The van der Waals surface area contributed by atoms with Crippen LogP contribution in [0.1, 0.15) is 18.7 Å². The normalized spacial score (nSPS) is 33.0. The van der Waals surface area contributed by atoms with Crippen LogP contribution in [0.25, 0.3) is 0 Å². The number of imidazole rings is 1. The first-order chi connectivity index (χ1) is 6.09. The Bertz CT molecular complexity index is 302. The van der Waals surface area contributed by atoms with Crippen LogP contribution in [0.4, 0.5) is 4.39 Å². The molecule has 0 aromatic carbocycles. The maximum Gasteiger partial charge on any atom is 0.121 e. The number of aryl methyl sites for hydroxylation is 1. The molecule has 1 fully saturated rings. The van der Waals surface area contributed by atoms with Crippen molar-refractivity contribution in [2.24, 2.45) is 12.8 Å². The molecule has 0 aliphatic heterocycles. The highest BCUT2D eigenvalue weighted by atomic mass is 19.1. The number of halogens is 1. The molecule has 0 radical (unpaired) electrons. The topological polar surface area (TPSA) is 43.8 Å². The SMILES string of the molecule is Cn1ccnc1CC1(F)CC(N)C1. The zero-order valence-electron chi connectivity index (χ0n) is 7.70. The molecule has 0 spiro atoms. The van der Waals surface area contributed by atoms with Crippen LogP contribution in [0.15, 0.2) is 12.4 Å². The third-order valence-electron chi connectivity index (χ3n) is 2.65. The molecule has 1 aliphatic carbocycles. The summed E-state index contributed by atoms with van der Waals surface area (Å²) in [7, 11) is 1.88. The average molecular weight is 183 g/mol. The van der Waals surface area contributed by atoms with Gasteiger partial charge in [-0.05, 0) is 12.8 Å². The van der Waals surface area contributed by atoms with Crippen molar-refractivity contribution in [3.63, 3.8) is 0 Å². The molecular formula is C9H14FN3. The summed E-state index contributed by atoms with van der Waals surface area (Å²) in [6, 6.07) is 0.0465. The summed E-state index contributed by atoms with van der Waals surface area (Å²) in [5.74, 6) is 0.800. The first-order valence-electron chi connectivity index (χ1n) is 4.50. The fraction of sp³-hybridized carbons (Fsp3) is 0.667. The van der Waals surface area contributed by atoms with Crippen molar-refractivity contribution in [2.45, 2.75) is 31.0 Å². The highest BCUT2D eigenvalue weighted by Gasteiger charge is 2.43. The van der Waals surface area contributed by atoms with Crippen LogP contribution in [0.3, 0.4) is 0 Å². The molecular weight excluding hydrogens is 169 g/mol. The van der Waals surface area contributed by atoms with Gasteiger partial charge in [0.15, 0.2) is 0 Å². The Balaban J connectivity index is 2.03. The van der Waals surface area contributed by atoms with Crippen molar-refractivity contribution >= 4 is 0 Å². The van der Waals surface area contributed by atoms with Crippen LogP contribution in [0.5, 0.6) is 0 Å². The van der Waals surface area contributed by atoms with Gasteiger partial charge in [-0.3, -0.25) is 0 Å². The second kappa shape index (κ2) is 2.80. The van der Waals surface area contributed by atoms with Gasteiger partial charge in [0.2, 0.25) is 0 Å². The van der Waals surface area contributed by atoms with Gasteiger partial charge in [0.05, 0.1) is 0 Å². The van der Waals surface area contributed by atoms with E-state index in [1.807, 2.05) is 17.8 Å². The van der Waals surface area contributed by atoms with Gasteiger partial charge < -0.3 is 10.3 Å². The Morgan fingerprint density at radius 2 is 2.46 bits per heavy atom. The molecule has 1 heterocycles. The van der Waals surface area contributed by atoms with Crippen molar-refractivity contribution in [1.29, 1.82) is 0 Å². The van der Waals surface area contributed by atoms with Crippen molar-refractivity contribution in [3.05, 3.63) is 18.2 Å². The maximum atomic E-state index is 13.8. The van der Waals surface area contributed by atoms with E-state index < -0.39 is 5.67 Å². The Kier molecular flexibility index (Phi) is 1.87. The fourth-order valence-electron chi connectivity index (χ4n) is 1.87. The third kappa shape index (κ3) is 1.58. The van der Waals surface area contributed by atoms with Gasteiger partial charge in [-0.25, -0.2) is 9.37 Å². The third-order valence-corrected chi connectivity index (χ3v) is 2.65. The van der Waals surface area contributed by atoms with Gasteiger partial charge in [-0.1, -0.05) is 0 Å². The molecule has 0 saturated heterocycles. The fourth-order valence-corrected chi connectivity index (χ4v) is 1.87. The average Bonchev–Trinajstić information content (AvgIpc) is 2.33. The lowest BCUT2D eigenvalue weighted by atomic mass is 9.75. The molecule has 0 bridgehead atoms. The van der Waals surface area contributed by atoms with Gasteiger partial charge in [0.25, 0.3) is 0 Å². The quantitative estimate of drug-likeness (QED) is 0.736. The smallest absolute Gasteiger partial charge is 0.121 e. The van der Waals surface area contributed by atoms with Gasteiger partial charge >= 0.3 is 0 Å². The zero-order valence-corrected chi connectivity index (χ0v) is 7.70. The van der Waals surface area contributed by atoms with Gasteiger partial charge in [0, 0.05) is 31.9 Å². The van der Waals surface area contributed by atoms with Gasteiger partial charge in [0.1, 0.15) is 11.5 Å². The number of nitrogens with zero attached hydrogens (tertiary/aromatic N) is 2. The maximum absolute atomic E-state index is 13.8. The molecule has 1 aliphatic rings. The molecule has 0 unspecified atom stereocenters. The minimum atomic E-state index is -1.10.